The normalized spacial score (nSPS) is 20.3. The van der Waals surface area contributed by atoms with Gasteiger partial charge in [0, 0.05) is 11.1 Å². The average Bonchev–Trinajstić information content (AvgIpc) is 3.37. The second kappa shape index (κ2) is 10.3. The number of amides is 2. The van der Waals surface area contributed by atoms with Crippen LogP contribution >= 0.6 is 34.6 Å². The van der Waals surface area contributed by atoms with E-state index in [-0.39, 0.29) is 51.8 Å². The molecule has 4 heterocycles. The zero-order chi connectivity index (χ0) is 23.0. The molecule has 0 saturated carbocycles. The van der Waals surface area contributed by atoms with Gasteiger partial charge in [0.25, 0.3) is 11.8 Å². The van der Waals surface area contributed by atoms with E-state index in [4.69, 9.17) is 5.73 Å². The Morgan fingerprint density at radius 2 is 2.18 bits per heavy atom. The third kappa shape index (κ3) is 4.83. The second-order valence-electron chi connectivity index (χ2n) is 6.60. The number of nitrogens with one attached hydrogen (secondary N) is 1. The molecule has 0 aromatic carbocycles. The number of carbonyl (C=O) groups is 3. The summed E-state index contributed by atoms with van der Waals surface area (Å²) < 4.78 is 3.82. The zero-order valence-electron chi connectivity index (χ0n) is 17.2. The van der Waals surface area contributed by atoms with E-state index in [9.17, 15) is 24.7 Å². The number of oxime groups is 1. The molecule has 0 radical (unpaired) electrons. The van der Waals surface area contributed by atoms with E-state index in [1.807, 2.05) is 0 Å². The molecule has 16 heteroatoms. The minimum atomic E-state index is -1.50. The number of allylic oxidation sites excluding steroid dienone is 1. The van der Waals surface area contributed by atoms with Gasteiger partial charge >= 0.3 is 29.6 Å². The van der Waals surface area contributed by atoms with Gasteiger partial charge in [0.05, 0.1) is 22.2 Å². The van der Waals surface area contributed by atoms with Crippen LogP contribution in [0.1, 0.15) is 16.3 Å². The minimum absolute atomic E-state index is 0. The number of hydrogen-bond acceptors (Lipinski definition) is 13. The Balaban J connectivity index is 0.00000306. The predicted molar refractivity (Wildman–Crippen MR) is 116 cm³/mol. The van der Waals surface area contributed by atoms with E-state index in [0.717, 1.165) is 32.6 Å². The predicted octanol–water partition coefficient (Wildman–Crippen LogP) is -3.82. The van der Waals surface area contributed by atoms with Crippen LogP contribution in [0.3, 0.4) is 0 Å². The van der Waals surface area contributed by atoms with E-state index in [0.29, 0.717) is 11.3 Å². The van der Waals surface area contributed by atoms with Crippen molar-refractivity contribution in [2.75, 3.05) is 11.5 Å². The molecule has 166 valence electrons. The summed E-state index contributed by atoms with van der Waals surface area (Å²) in [5.41, 5.74) is 6.04. The molecule has 0 bridgehead atoms. The molecule has 2 aliphatic heterocycles. The Morgan fingerprint density at radius 3 is 2.76 bits per heavy atom. The maximum atomic E-state index is 12.7. The molecular formula is C17H14N7NaO5S3. The molecule has 1 unspecified atom stereocenters. The van der Waals surface area contributed by atoms with Crippen molar-refractivity contribution in [3.05, 3.63) is 39.0 Å². The summed E-state index contributed by atoms with van der Waals surface area (Å²) in [5, 5.41) is 31.3. The van der Waals surface area contributed by atoms with Crippen molar-refractivity contribution in [3.63, 3.8) is 0 Å². The third-order valence-corrected chi connectivity index (χ3v) is 7.45. The van der Waals surface area contributed by atoms with Gasteiger partial charge in [-0.2, -0.15) is 0 Å². The van der Waals surface area contributed by atoms with Gasteiger partial charge in [-0.3, -0.25) is 14.5 Å². The van der Waals surface area contributed by atoms with Gasteiger partial charge in [0.1, 0.15) is 17.1 Å². The Kier molecular flexibility index (Phi) is 7.92. The number of hydrogen-bond donors (Lipinski definition) is 3. The molecule has 2 aromatic heterocycles. The van der Waals surface area contributed by atoms with Crippen LogP contribution in [0.25, 0.3) is 6.08 Å². The van der Waals surface area contributed by atoms with Crippen LogP contribution in [0.2, 0.25) is 0 Å². The van der Waals surface area contributed by atoms with Crippen LogP contribution in [-0.4, -0.2) is 65.3 Å². The third-order valence-electron chi connectivity index (χ3n) is 4.68. The first-order valence-corrected chi connectivity index (χ1v) is 11.6. The fourth-order valence-corrected chi connectivity index (χ4v) is 5.57. The van der Waals surface area contributed by atoms with Crippen LogP contribution < -0.4 is 45.7 Å². The summed E-state index contributed by atoms with van der Waals surface area (Å²) in [5.74, 6) is -2.68. The number of rotatable bonds is 6. The smallest absolute Gasteiger partial charge is 0.543 e. The van der Waals surface area contributed by atoms with Crippen LogP contribution in [0.4, 0.5) is 5.13 Å². The quantitative estimate of drug-likeness (QED) is 0.113. The van der Waals surface area contributed by atoms with Gasteiger partial charge in [-0.25, -0.2) is 4.98 Å². The van der Waals surface area contributed by atoms with Crippen molar-refractivity contribution < 1.29 is 54.3 Å². The first kappa shape index (κ1) is 25.3. The number of carboxylic acid groups (broad SMARTS) is 1. The summed E-state index contributed by atoms with van der Waals surface area (Å²) in [7, 11) is 0. The molecule has 0 spiro atoms. The number of β-lactam (4-membered cyclic amide) rings is 1. The molecule has 4 N–H and O–H groups in total. The molecule has 2 aliphatic rings. The number of anilines is 1. The number of aryl methyl sites for hydroxylation is 1. The molecule has 2 atom stereocenters. The number of thiazole rings is 1. The van der Waals surface area contributed by atoms with Crippen molar-refractivity contribution in [3.8, 4) is 0 Å². The summed E-state index contributed by atoms with van der Waals surface area (Å²) in [6.07, 6.45) is 3.28. The first-order chi connectivity index (χ1) is 15.3. The summed E-state index contributed by atoms with van der Waals surface area (Å²) >= 11 is 3.50. The summed E-state index contributed by atoms with van der Waals surface area (Å²) in [6, 6.07) is -1.01. The second-order valence-corrected chi connectivity index (χ2v) is 9.38. The Hall–Kier alpha value is -2.30. The van der Waals surface area contributed by atoms with Crippen molar-refractivity contribution in [1.82, 2.24) is 24.8 Å². The average molecular weight is 516 g/mol. The number of thioether (sulfide) groups is 1. The molecule has 2 aromatic rings. The van der Waals surface area contributed by atoms with Crippen molar-refractivity contribution in [2.45, 2.75) is 18.3 Å². The number of nitrogen functional groups attached to an aromatic ring is 1. The Labute approximate surface area is 221 Å². The monoisotopic (exact) mass is 515 g/mol. The number of aromatic nitrogens is 3. The van der Waals surface area contributed by atoms with Crippen molar-refractivity contribution in [1.29, 1.82) is 0 Å². The number of nitrogens with two attached hydrogens (primary N) is 1. The van der Waals surface area contributed by atoms with Gasteiger partial charge in [-0.05, 0) is 30.1 Å². The molecule has 1 fully saturated rings. The van der Waals surface area contributed by atoms with Gasteiger partial charge < -0.3 is 26.2 Å². The van der Waals surface area contributed by atoms with E-state index in [2.05, 4.69) is 25.0 Å². The summed E-state index contributed by atoms with van der Waals surface area (Å²) in [4.78, 5) is 42.8. The van der Waals surface area contributed by atoms with Gasteiger partial charge in [0.15, 0.2) is 10.8 Å². The molecular weight excluding hydrogens is 501 g/mol. The SMILES string of the molecule is Cc1nnsc1/C=C\C1=C(C(=O)[O-])N2C(=O)C(NC(=O)/C(=N/O)c3csc(N)n3)[C@H]2SC1.[Na+]. The minimum Gasteiger partial charge on any atom is -0.543 e. The van der Waals surface area contributed by atoms with Gasteiger partial charge in [-0.1, -0.05) is 15.7 Å². The molecule has 1 saturated heterocycles. The van der Waals surface area contributed by atoms with E-state index < -0.39 is 34.9 Å². The van der Waals surface area contributed by atoms with E-state index in [1.165, 1.54) is 17.1 Å². The maximum absolute atomic E-state index is 12.7. The number of carbonyl (C=O) groups excluding carboxylic acids is 3. The van der Waals surface area contributed by atoms with Crippen LogP contribution in [-0.2, 0) is 14.4 Å². The molecule has 2 amide bonds. The van der Waals surface area contributed by atoms with Crippen LogP contribution in [0, 0.1) is 6.92 Å². The standard InChI is InChI=1S/C17H15N7O5S3.Na/c1-6-9(32-23-21-6)3-2-7-4-30-15-11(14(26)24(15)12(7)16(27)28)20-13(25)10(22-29)8-5-31-17(18)19-8;/h2-3,5,11,15,29H,4H2,1H3,(H2,18,19)(H,20,25)(H,27,28);/q;+1/p-1/b3-2-,22-10+;/t11?,15-;/m1./s1. The fraction of sp³-hybridized carbons (Fsp3) is 0.235. The van der Waals surface area contributed by atoms with E-state index in [1.54, 1.807) is 19.1 Å². The number of nitrogens with zero attached hydrogens (tertiary/aromatic N) is 5. The number of carboxylic acids is 1. The number of fused-ring (bicyclic) bond motifs is 1. The Bertz CT molecular complexity index is 1210. The van der Waals surface area contributed by atoms with Crippen molar-refractivity contribution >= 4 is 69.3 Å². The van der Waals surface area contributed by atoms with Gasteiger partial charge in [-0.15, -0.1) is 28.2 Å². The molecule has 0 aliphatic carbocycles. The summed E-state index contributed by atoms with van der Waals surface area (Å²) in [6.45, 7) is 1.78. The van der Waals surface area contributed by atoms with E-state index >= 15 is 0 Å². The topological polar surface area (TPSA) is 187 Å². The van der Waals surface area contributed by atoms with Crippen molar-refractivity contribution in [2.24, 2.45) is 5.16 Å². The van der Waals surface area contributed by atoms with Gasteiger partial charge in [0.2, 0.25) is 0 Å². The van der Waals surface area contributed by atoms with Crippen LogP contribution in [0.15, 0.2) is 27.9 Å². The van der Waals surface area contributed by atoms with Crippen LogP contribution in [0.5, 0.6) is 0 Å². The molecule has 12 nitrogen and oxygen atoms in total. The number of aliphatic carboxylic acids is 1. The fourth-order valence-electron chi connectivity index (χ4n) is 3.15. The zero-order valence-corrected chi connectivity index (χ0v) is 21.7. The Morgan fingerprint density at radius 1 is 1.42 bits per heavy atom. The first-order valence-electron chi connectivity index (χ1n) is 8.92. The molecule has 33 heavy (non-hydrogen) atoms. The largest absolute Gasteiger partial charge is 1.00 e. The maximum Gasteiger partial charge on any atom is 1.00 e. The molecule has 4 rings (SSSR count).